The van der Waals surface area contributed by atoms with E-state index in [1.807, 2.05) is 13.8 Å². The molecule has 9 heteroatoms. The molecule has 31 heavy (non-hydrogen) atoms. The van der Waals surface area contributed by atoms with Crippen LogP contribution in [0.3, 0.4) is 0 Å². The maximum Gasteiger partial charge on any atom is 0.243 e. The molecule has 1 fully saturated rings. The summed E-state index contributed by atoms with van der Waals surface area (Å²) in [5.41, 5.74) is 3.32. The number of fused-ring (bicyclic) bond motifs is 1. The van der Waals surface area contributed by atoms with Crippen LogP contribution in [0, 0.1) is 6.92 Å². The molecule has 1 atom stereocenters. The van der Waals surface area contributed by atoms with Crippen molar-refractivity contribution < 1.29 is 17.9 Å². The molecule has 8 nitrogen and oxygen atoms in total. The lowest BCUT2D eigenvalue weighted by Crippen LogP contribution is -2.39. The Morgan fingerprint density at radius 1 is 1.29 bits per heavy atom. The van der Waals surface area contributed by atoms with Gasteiger partial charge in [-0.05, 0) is 50.5 Å². The third-order valence-corrected chi connectivity index (χ3v) is 7.88. The number of amides is 1. The summed E-state index contributed by atoms with van der Waals surface area (Å²) in [4.78, 5) is 22.7. The molecule has 1 saturated heterocycles. The predicted octanol–water partition coefficient (Wildman–Crippen LogP) is 2.41. The standard InChI is InChI=1S/C22H28N4O4S/c1-4-30-14-18-12-23-15(2)24-22(18)16-6-5-9-26(13-16)31(28,29)19-7-8-20-17(10-19)11-21(27)25(20)3/h7-8,10,12,16H,4-6,9,11,13-14H2,1-3H3. The molecule has 2 aliphatic rings. The average Bonchev–Trinajstić information content (AvgIpc) is 3.06. The number of anilines is 1. The van der Waals surface area contributed by atoms with Crippen LogP contribution in [0.15, 0.2) is 29.3 Å². The minimum absolute atomic E-state index is 0.0113. The predicted molar refractivity (Wildman–Crippen MR) is 116 cm³/mol. The first kappa shape index (κ1) is 21.9. The van der Waals surface area contributed by atoms with Crippen LogP contribution in [0.5, 0.6) is 0 Å². The summed E-state index contributed by atoms with van der Waals surface area (Å²) in [6.45, 7) is 5.63. The highest BCUT2D eigenvalue weighted by Crippen LogP contribution is 2.34. The molecule has 0 radical (unpaired) electrons. The van der Waals surface area contributed by atoms with E-state index in [0.29, 0.717) is 32.1 Å². The monoisotopic (exact) mass is 444 g/mol. The number of benzene rings is 1. The van der Waals surface area contributed by atoms with E-state index in [1.165, 1.54) is 0 Å². The molecule has 1 amide bonds. The summed E-state index contributed by atoms with van der Waals surface area (Å²) in [6.07, 6.45) is 3.64. The highest BCUT2D eigenvalue weighted by molar-refractivity contribution is 7.89. The van der Waals surface area contributed by atoms with Gasteiger partial charge in [-0.3, -0.25) is 4.79 Å². The number of ether oxygens (including phenoxy) is 1. The molecule has 0 bridgehead atoms. The Hall–Kier alpha value is -2.36. The number of carbonyl (C=O) groups is 1. The number of aryl methyl sites for hydroxylation is 1. The fourth-order valence-electron chi connectivity index (χ4n) is 4.33. The van der Waals surface area contributed by atoms with Gasteiger partial charge >= 0.3 is 0 Å². The van der Waals surface area contributed by atoms with Gasteiger partial charge in [0.2, 0.25) is 15.9 Å². The second-order valence-corrected chi connectivity index (χ2v) is 10.0. The molecule has 1 aromatic heterocycles. The van der Waals surface area contributed by atoms with Crippen molar-refractivity contribution in [3.63, 3.8) is 0 Å². The lowest BCUT2D eigenvalue weighted by Gasteiger charge is -2.32. The third kappa shape index (κ3) is 4.22. The van der Waals surface area contributed by atoms with E-state index in [0.717, 1.165) is 35.3 Å². The molecule has 2 aliphatic heterocycles. The zero-order chi connectivity index (χ0) is 22.2. The topological polar surface area (TPSA) is 92.7 Å². The SMILES string of the molecule is CCOCc1cnc(C)nc1C1CCCN(S(=O)(=O)c2ccc3c(c2)CC(=O)N3C)C1. The van der Waals surface area contributed by atoms with Crippen molar-refractivity contribution in [2.75, 3.05) is 31.6 Å². The van der Waals surface area contributed by atoms with Crippen molar-refractivity contribution in [1.82, 2.24) is 14.3 Å². The van der Waals surface area contributed by atoms with E-state index >= 15 is 0 Å². The Morgan fingerprint density at radius 3 is 2.87 bits per heavy atom. The van der Waals surface area contributed by atoms with Crippen LogP contribution < -0.4 is 4.90 Å². The molecule has 1 aromatic carbocycles. The maximum atomic E-state index is 13.4. The van der Waals surface area contributed by atoms with E-state index in [2.05, 4.69) is 9.97 Å². The maximum absolute atomic E-state index is 13.4. The van der Waals surface area contributed by atoms with Crippen molar-refractivity contribution in [3.8, 4) is 0 Å². The minimum atomic E-state index is -3.67. The summed E-state index contributed by atoms with van der Waals surface area (Å²) < 4.78 is 34.0. The first-order valence-corrected chi connectivity index (χ1v) is 12.0. The van der Waals surface area contributed by atoms with Crippen molar-refractivity contribution in [2.45, 2.75) is 50.5 Å². The molecule has 1 unspecified atom stereocenters. The highest BCUT2D eigenvalue weighted by Gasteiger charge is 2.34. The van der Waals surface area contributed by atoms with Crippen LogP contribution in [-0.2, 0) is 32.6 Å². The van der Waals surface area contributed by atoms with Crippen LogP contribution in [0.25, 0.3) is 0 Å². The second kappa shape index (κ2) is 8.64. The summed E-state index contributed by atoms with van der Waals surface area (Å²) in [7, 11) is -1.96. The van der Waals surface area contributed by atoms with Gasteiger partial charge in [0.1, 0.15) is 5.82 Å². The molecule has 0 spiro atoms. The Morgan fingerprint density at radius 2 is 2.10 bits per heavy atom. The van der Waals surface area contributed by atoms with Crippen LogP contribution in [0.4, 0.5) is 5.69 Å². The number of nitrogens with zero attached hydrogens (tertiary/aromatic N) is 4. The van der Waals surface area contributed by atoms with Crippen molar-refractivity contribution in [2.24, 2.45) is 0 Å². The van der Waals surface area contributed by atoms with Gasteiger partial charge in [0, 0.05) is 50.1 Å². The Kier molecular flexibility index (Phi) is 6.09. The van der Waals surface area contributed by atoms with Gasteiger partial charge in [0.25, 0.3) is 0 Å². The number of piperidine rings is 1. The fourth-order valence-corrected chi connectivity index (χ4v) is 5.90. The summed E-state index contributed by atoms with van der Waals surface area (Å²) >= 11 is 0. The van der Waals surface area contributed by atoms with Gasteiger partial charge in [0.15, 0.2) is 0 Å². The van der Waals surface area contributed by atoms with E-state index in [9.17, 15) is 13.2 Å². The molecular formula is C22H28N4O4S. The lowest BCUT2D eigenvalue weighted by molar-refractivity contribution is -0.117. The van der Waals surface area contributed by atoms with Crippen molar-refractivity contribution >= 4 is 21.6 Å². The van der Waals surface area contributed by atoms with Gasteiger partial charge in [-0.25, -0.2) is 18.4 Å². The van der Waals surface area contributed by atoms with Crippen LogP contribution >= 0.6 is 0 Å². The first-order valence-electron chi connectivity index (χ1n) is 10.6. The lowest BCUT2D eigenvalue weighted by atomic mass is 9.93. The average molecular weight is 445 g/mol. The number of carbonyl (C=O) groups excluding carboxylic acids is 1. The summed E-state index contributed by atoms with van der Waals surface area (Å²) in [6, 6.07) is 4.97. The normalized spacial score (nSPS) is 19.6. The minimum Gasteiger partial charge on any atom is -0.377 e. The van der Waals surface area contributed by atoms with Crippen molar-refractivity contribution in [1.29, 1.82) is 0 Å². The molecule has 166 valence electrons. The number of hydrogen-bond acceptors (Lipinski definition) is 6. The van der Waals surface area contributed by atoms with Crippen LogP contribution in [0.1, 0.15) is 48.3 Å². The molecule has 0 aliphatic carbocycles. The van der Waals surface area contributed by atoms with E-state index < -0.39 is 10.0 Å². The van der Waals surface area contributed by atoms with Crippen molar-refractivity contribution in [3.05, 3.63) is 47.0 Å². The second-order valence-electron chi connectivity index (χ2n) is 8.09. The number of rotatable bonds is 6. The number of hydrogen-bond donors (Lipinski definition) is 0. The molecule has 4 rings (SSSR count). The zero-order valence-electron chi connectivity index (χ0n) is 18.2. The molecule has 2 aromatic rings. The van der Waals surface area contributed by atoms with Crippen LogP contribution in [0.2, 0.25) is 0 Å². The van der Waals surface area contributed by atoms with E-state index in [4.69, 9.17) is 4.74 Å². The number of likely N-dealkylation sites (N-methyl/N-ethyl adjacent to an activating group) is 1. The zero-order valence-corrected chi connectivity index (χ0v) is 19.0. The highest BCUT2D eigenvalue weighted by atomic mass is 32.2. The smallest absolute Gasteiger partial charge is 0.243 e. The molecule has 3 heterocycles. The Bertz CT molecular complexity index is 1100. The van der Waals surface area contributed by atoms with Gasteiger partial charge in [-0.1, -0.05) is 0 Å². The van der Waals surface area contributed by atoms with E-state index in [-0.39, 0.29) is 23.1 Å². The quantitative estimate of drug-likeness (QED) is 0.679. The largest absolute Gasteiger partial charge is 0.377 e. The fraction of sp³-hybridized carbons (Fsp3) is 0.500. The Balaban J connectivity index is 1.60. The van der Waals surface area contributed by atoms with Gasteiger partial charge in [0.05, 0.1) is 23.6 Å². The first-order chi connectivity index (χ1) is 14.8. The number of aromatic nitrogens is 2. The summed E-state index contributed by atoms with van der Waals surface area (Å²) in [5, 5.41) is 0. The molecular weight excluding hydrogens is 416 g/mol. The van der Waals surface area contributed by atoms with E-state index in [1.54, 1.807) is 40.6 Å². The Labute approximate surface area is 183 Å². The van der Waals surface area contributed by atoms with Gasteiger partial charge < -0.3 is 9.64 Å². The molecule has 0 saturated carbocycles. The number of sulfonamides is 1. The molecule has 0 N–H and O–H groups in total. The van der Waals surface area contributed by atoms with Gasteiger partial charge in [-0.15, -0.1) is 0 Å². The van der Waals surface area contributed by atoms with Crippen LogP contribution in [-0.4, -0.2) is 55.3 Å². The van der Waals surface area contributed by atoms with Gasteiger partial charge in [-0.2, -0.15) is 4.31 Å². The third-order valence-electron chi connectivity index (χ3n) is 6.02. The summed E-state index contributed by atoms with van der Waals surface area (Å²) in [5.74, 6) is 0.633.